The van der Waals surface area contributed by atoms with Crippen molar-refractivity contribution in [3.8, 4) is 0 Å². The van der Waals surface area contributed by atoms with E-state index in [1.165, 1.54) is 0 Å². The van der Waals surface area contributed by atoms with Crippen LogP contribution in [-0.4, -0.2) is 46.6 Å². The van der Waals surface area contributed by atoms with E-state index in [0.717, 1.165) is 24.8 Å². The first-order chi connectivity index (χ1) is 14.2. The monoisotopic (exact) mass is 416 g/mol. The van der Waals surface area contributed by atoms with Gasteiger partial charge in [-0.1, -0.05) is 36.8 Å². The van der Waals surface area contributed by atoms with E-state index >= 15 is 0 Å². The Morgan fingerprint density at radius 1 is 1.17 bits per heavy atom. The minimum absolute atomic E-state index is 0.0228. The maximum absolute atomic E-state index is 13.2. The van der Waals surface area contributed by atoms with Gasteiger partial charge in [-0.15, -0.1) is 0 Å². The lowest BCUT2D eigenvalue weighted by Gasteiger charge is -2.31. The number of rotatable bonds is 5. The van der Waals surface area contributed by atoms with Crippen LogP contribution in [0.4, 0.5) is 4.79 Å². The van der Waals surface area contributed by atoms with Crippen LogP contribution >= 0.6 is 0 Å². The minimum atomic E-state index is -0.788. The molecule has 2 amide bonds. The van der Waals surface area contributed by atoms with Crippen molar-refractivity contribution < 1.29 is 23.9 Å². The Morgan fingerprint density at radius 2 is 1.87 bits per heavy atom. The summed E-state index contributed by atoms with van der Waals surface area (Å²) in [4.78, 5) is 39.8. The van der Waals surface area contributed by atoms with Crippen LogP contribution in [-0.2, 0) is 25.7 Å². The normalized spacial score (nSPS) is 24.1. The number of amides is 2. The van der Waals surface area contributed by atoms with Crippen molar-refractivity contribution in [1.82, 2.24) is 10.2 Å². The highest BCUT2D eigenvalue weighted by Gasteiger charge is 2.50. The third kappa shape index (κ3) is 5.32. The molecule has 4 unspecified atom stereocenters. The Morgan fingerprint density at radius 3 is 2.53 bits per heavy atom. The molecule has 2 fully saturated rings. The van der Waals surface area contributed by atoms with Crippen molar-refractivity contribution in [3.05, 3.63) is 35.9 Å². The third-order valence-electron chi connectivity index (χ3n) is 5.69. The summed E-state index contributed by atoms with van der Waals surface area (Å²) in [5.74, 6) is -0.347. The first kappa shape index (κ1) is 22.1. The molecule has 0 spiro atoms. The second-order valence-electron chi connectivity index (χ2n) is 9.22. The number of nitrogens with one attached hydrogen (secondary N) is 1. The van der Waals surface area contributed by atoms with E-state index in [9.17, 15) is 14.4 Å². The zero-order valence-corrected chi connectivity index (χ0v) is 18.2. The van der Waals surface area contributed by atoms with Gasteiger partial charge in [0.05, 0.1) is 0 Å². The fraction of sp³-hybridized carbons (Fsp3) is 0.609. The van der Waals surface area contributed by atoms with Crippen molar-refractivity contribution in [2.75, 3.05) is 0 Å². The number of carbonyl (C=O) groups is 3. The molecule has 0 bridgehead atoms. The van der Waals surface area contributed by atoms with Gasteiger partial charge in [-0.2, -0.15) is 0 Å². The third-order valence-corrected chi connectivity index (χ3v) is 5.69. The fourth-order valence-electron chi connectivity index (χ4n) is 4.41. The number of hydrogen-bond donors (Lipinski definition) is 1. The molecular weight excluding hydrogens is 384 g/mol. The molecule has 4 atom stereocenters. The highest BCUT2D eigenvalue weighted by atomic mass is 16.6. The van der Waals surface area contributed by atoms with Crippen LogP contribution < -0.4 is 5.32 Å². The van der Waals surface area contributed by atoms with E-state index < -0.39 is 23.8 Å². The van der Waals surface area contributed by atoms with Crippen LogP contribution in [0.2, 0.25) is 0 Å². The molecular formula is C23H32N2O5. The number of carbonyl (C=O) groups excluding carboxylic acids is 3. The predicted octanol–water partition coefficient (Wildman–Crippen LogP) is 3.41. The van der Waals surface area contributed by atoms with E-state index in [1.807, 2.05) is 30.3 Å². The summed E-state index contributed by atoms with van der Waals surface area (Å²) in [6, 6.07) is 8.10. The summed E-state index contributed by atoms with van der Waals surface area (Å²) in [5, 5.41) is 2.61. The van der Waals surface area contributed by atoms with Gasteiger partial charge in [0, 0.05) is 6.04 Å². The molecule has 1 saturated carbocycles. The molecule has 1 aromatic rings. The topological polar surface area (TPSA) is 84.9 Å². The van der Waals surface area contributed by atoms with Crippen molar-refractivity contribution in [1.29, 1.82) is 0 Å². The Labute approximate surface area is 178 Å². The summed E-state index contributed by atoms with van der Waals surface area (Å²) in [6.45, 7) is 7.10. The van der Waals surface area contributed by atoms with Gasteiger partial charge in [-0.3, -0.25) is 4.79 Å². The second-order valence-corrected chi connectivity index (χ2v) is 9.22. The van der Waals surface area contributed by atoms with Crippen LogP contribution in [0.5, 0.6) is 0 Å². The van der Waals surface area contributed by atoms with Crippen LogP contribution in [0.3, 0.4) is 0 Å². The highest BCUT2D eigenvalue weighted by molar-refractivity contribution is 5.90. The average molecular weight is 417 g/mol. The maximum atomic E-state index is 13.2. The fourth-order valence-corrected chi connectivity index (χ4v) is 4.41. The van der Waals surface area contributed by atoms with Crippen LogP contribution in [0, 0.1) is 5.92 Å². The van der Waals surface area contributed by atoms with E-state index in [2.05, 4.69) is 5.32 Å². The Balaban J connectivity index is 1.66. The Kier molecular flexibility index (Phi) is 6.68. The predicted molar refractivity (Wildman–Crippen MR) is 111 cm³/mol. The number of likely N-dealkylation sites (tertiary alicyclic amines) is 1. The van der Waals surface area contributed by atoms with Gasteiger partial charge in [-0.05, 0) is 58.4 Å². The summed E-state index contributed by atoms with van der Waals surface area (Å²) >= 11 is 0. The van der Waals surface area contributed by atoms with Crippen molar-refractivity contribution in [2.45, 2.75) is 83.7 Å². The average Bonchev–Trinajstić information content (AvgIpc) is 3.25. The Bertz CT molecular complexity index is 774. The van der Waals surface area contributed by atoms with Crippen LogP contribution in [0.1, 0.15) is 58.9 Å². The minimum Gasteiger partial charge on any atom is -0.459 e. The lowest BCUT2D eigenvalue weighted by atomic mass is 10.0. The van der Waals surface area contributed by atoms with Crippen LogP contribution in [0.25, 0.3) is 0 Å². The van der Waals surface area contributed by atoms with Crippen LogP contribution in [0.15, 0.2) is 30.3 Å². The molecule has 2 aliphatic rings. The van der Waals surface area contributed by atoms with E-state index in [1.54, 1.807) is 32.6 Å². The highest BCUT2D eigenvalue weighted by Crippen LogP contribution is 2.42. The smallest absolute Gasteiger partial charge is 0.408 e. The first-order valence-electron chi connectivity index (χ1n) is 10.7. The zero-order valence-electron chi connectivity index (χ0n) is 18.2. The molecule has 3 rings (SSSR count). The summed E-state index contributed by atoms with van der Waals surface area (Å²) in [7, 11) is 0. The first-order valence-corrected chi connectivity index (χ1v) is 10.7. The SMILES string of the molecule is CC(NC(=O)OC(C)(C)C)C(=O)N1C(C(=O)OCc2ccccc2)CC2CCCC21. The summed E-state index contributed by atoms with van der Waals surface area (Å²) in [6.07, 6.45) is 2.89. The maximum Gasteiger partial charge on any atom is 0.408 e. The van der Waals surface area contributed by atoms with Crippen molar-refractivity contribution >= 4 is 18.0 Å². The molecule has 1 saturated heterocycles. The second kappa shape index (κ2) is 9.06. The number of esters is 1. The largest absolute Gasteiger partial charge is 0.459 e. The molecule has 1 N–H and O–H groups in total. The summed E-state index contributed by atoms with van der Waals surface area (Å²) < 4.78 is 10.8. The molecule has 30 heavy (non-hydrogen) atoms. The molecule has 1 aliphatic carbocycles. The van der Waals surface area contributed by atoms with E-state index in [-0.39, 0.29) is 24.5 Å². The molecule has 7 heteroatoms. The number of fused-ring (bicyclic) bond motifs is 1. The van der Waals surface area contributed by atoms with Crippen molar-refractivity contribution in [2.24, 2.45) is 5.92 Å². The molecule has 7 nitrogen and oxygen atoms in total. The molecule has 164 valence electrons. The molecule has 1 heterocycles. The number of nitrogens with zero attached hydrogens (tertiary/aromatic N) is 1. The number of benzene rings is 1. The van der Waals surface area contributed by atoms with Gasteiger partial charge >= 0.3 is 12.1 Å². The zero-order chi connectivity index (χ0) is 21.9. The Hall–Kier alpha value is -2.57. The lowest BCUT2D eigenvalue weighted by molar-refractivity contribution is -0.156. The van der Waals surface area contributed by atoms with Gasteiger partial charge in [0.2, 0.25) is 5.91 Å². The van der Waals surface area contributed by atoms with E-state index in [0.29, 0.717) is 12.3 Å². The lowest BCUT2D eigenvalue weighted by Crippen LogP contribution is -2.53. The molecule has 0 radical (unpaired) electrons. The molecule has 1 aliphatic heterocycles. The number of alkyl carbamates (subject to hydrolysis) is 1. The number of ether oxygens (including phenoxy) is 2. The molecule has 1 aromatic carbocycles. The van der Waals surface area contributed by atoms with Crippen molar-refractivity contribution in [3.63, 3.8) is 0 Å². The van der Waals surface area contributed by atoms with Gasteiger partial charge in [0.15, 0.2) is 0 Å². The van der Waals surface area contributed by atoms with E-state index in [4.69, 9.17) is 9.47 Å². The van der Waals surface area contributed by atoms with Gasteiger partial charge in [0.25, 0.3) is 0 Å². The standard InChI is InChI=1S/C23H32N2O5/c1-15(24-22(28)30-23(2,3)4)20(26)25-18-12-8-11-17(18)13-19(25)21(27)29-14-16-9-6-5-7-10-16/h5-7,9-10,15,17-19H,8,11-14H2,1-4H3,(H,24,28). The quantitative estimate of drug-likeness (QED) is 0.744. The van der Waals surface area contributed by atoms with Gasteiger partial charge < -0.3 is 19.7 Å². The summed E-state index contributed by atoms with van der Waals surface area (Å²) in [5.41, 5.74) is 0.253. The van der Waals surface area contributed by atoms with Gasteiger partial charge in [-0.25, -0.2) is 9.59 Å². The molecule has 0 aromatic heterocycles. The van der Waals surface area contributed by atoms with Gasteiger partial charge in [0.1, 0.15) is 24.3 Å². The number of hydrogen-bond acceptors (Lipinski definition) is 5.